The molecule has 148 valence electrons. The van der Waals surface area contributed by atoms with Gasteiger partial charge in [-0.15, -0.1) is 0 Å². The summed E-state index contributed by atoms with van der Waals surface area (Å²) in [6.45, 7) is 4.94. The van der Waals surface area contributed by atoms with Crippen LogP contribution in [0.25, 0.3) is 0 Å². The molecular formula is C16H22IN5O4S. The number of piperidine rings is 1. The van der Waals surface area contributed by atoms with E-state index < -0.39 is 27.0 Å². The van der Waals surface area contributed by atoms with Crippen molar-refractivity contribution < 1.29 is 19.4 Å². The van der Waals surface area contributed by atoms with E-state index in [-0.39, 0.29) is 22.9 Å². The minimum atomic E-state index is -0.961. The normalized spacial score (nSPS) is 22.4. The number of ether oxygens (including phenoxy) is 1. The number of hydrogen-bond acceptors (Lipinski definition) is 8. The van der Waals surface area contributed by atoms with Gasteiger partial charge in [0.25, 0.3) is 5.91 Å². The molecule has 1 aromatic rings. The second-order valence-electron chi connectivity index (χ2n) is 6.21. The zero-order chi connectivity index (χ0) is 19.6. The minimum Gasteiger partial charge on any atom is -0.477 e. The summed E-state index contributed by atoms with van der Waals surface area (Å²) in [5.41, 5.74) is 0.517. The van der Waals surface area contributed by atoms with E-state index in [1.54, 1.807) is 14.0 Å². The first kappa shape index (κ1) is 20.1. The van der Waals surface area contributed by atoms with Crippen molar-refractivity contribution in [3.63, 3.8) is 0 Å². The standard InChI is InChI=1S/C16H22IN5O4S/c1-4-11-17-21-13(20-11)14(23)19-9-5-6-22(7-10(9)26-3)16-18-8(2)12(27-16)15(24)25/h9-10H,4-7H2,1-3H3,(H,19,23)(H,20,21)(H,24,25). The first-order valence-corrected chi connectivity index (χ1v) is 11.4. The fourth-order valence-corrected chi connectivity index (χ4v) is 5.48. The summed E-state index contributed by atoms with van der Waals surface area (Å²) in [7, 11) is 1.61. The molecule has 0 spiro atoms. The van der Waals surface area contributed by atoms with Crippen molar-refractivity contribution in [2.24, 2.45) is 3.21 Å². The number of carbonyl (C=O) groups excluding carboxylic acids is 1. The van der Waals surface area contributed by atoms with Gasteiger partial charge in [-0.1, -0.05) is 18.3 Å². The van der Waals surface area contributed by atoms with E-state index in [2.05, 4.69) is 18.8 Å². The van der Waals surface area contributed by atoms with Crippen LogP contribution in [0, 0.1) is 6.92 Å². The first-order valence-electron chi connectivity index (χ1n) is 8.57. The summed E-state index contributed by atoms with van der Waals surface area (Å²) < 4.78 is 11.1. The van der Waals surface area contributed by atoms with Crippen LogP contribution in [0.1, 0.15) is 35.1 Å². The maximum absolute atomic E-state index is 12.5. The van der Waals surface area contributed by atoms with E-state index >= 15 is 0 Å². The van der Waals surface area contributed by atoms with Crippen LogP contribution in [0.2, 0.25) is 0 Å². The highest BCUT2D eigenvalue weighted by atomic mass is 127. The molecule has 0 radical (unpaired) electrons. The number of carboxylic acid groups (broad SMARTS) is 1. The SMILES string of the molecule is CCC1=IN=C(C(=O)NC2CCN(c3nc(C)c(C(=O)O)s3)CC2OC)N1. The molecule has 1 fully saturated rings. The molecule has 1 aromatic heterocycles. The molecule has 0 aliphatic carbocycles. The number of amidine groups is 1. The summed E-state index contributed by atoms with van der Waals surface area (Å²) >= 11 is 0.725. The number of halogens is 1. The lowest BCUT2D eigenvalue weighted by Crippen LogP contribution is -2.57. The number of nitrogens with one attached hydrogen (secondary N) is 2. The Morgan fingerprint density at radius 3 is 2.89 bits per heavy atom. The summed E-state index contributed by atoms with van der Waals surface area (Å²) in [5, 5.41) is 16.0. The highest BCUT2D eigenvalue weighted by molar-refractivity contribution is 14.2. The maximum atomic E-state index is 12.5. The molecule has 11 heteroatoms. The molecule has 1 amide bonds. The molecule has 9 nitrogen and oxygen atoms in total. The molecule has 2 aliphatic heterocycles. The number of aryl methyl sites for hydroxylation is 1. The Balaban J connectivity index is 1.62. The van der Waals surface area contributed by atoms with Gasteiger partial charge < -0.3 is 25.4 Å². The summed E-state index contributed by atoms with van der Waals surface area (Å²) in [6, 6.07) is -0.132. The fourth-order valence-electron chi connectivity index (χ4n) is 2.95. The lowest BCUT2D eigenvalue weighted by atomic mass is 10.0. The molecule has 3 rings (SSSR count). The topological polar surface area (TPSA) is 116 Å². The summed E-state index contributed by atoms with van der Waals surface area (Å²) in [5.74, 6) is -0.756. The lowest BCUT2D eigenvalue weighted by Gasteiger charge is -2.37. The smallest absolute Gasteiger partial charge is 0.347 e. The molecule has 2 unspecified atom stereocenters. The van der Waals surface area contributed by atoms with Crippen molar-refractivity contribution in [2.75, 3.05) is 25.1 Å². The molecular weight excluding hydrogens is 485 g/mol. The second kappa shape index (κ2) is 8.61. The number of nitrogens with zero attached hydrogens (tertiary/aromatic N) is 3. The summed E-state index contributed by atoms with van der Waals surface area (Å²) in [6.07, 6.45) is 1.35. The van der Waals surface area contributed by atoms with Crippen molar-refractivity contribution in [3.8, 4) is 0 Å². The highest BCUT2D eigenvalue weighted by Crippen LogP contribution is 2.29. The van der Waals surface area contributed by atoms with Crippen molar-refractivity contribution in [2.45, 2.75) is 38.8 Å². The van der Waals surface area contributed by atoms with Crippen LogP contribution >= 0.6 is 32.3 Å². The molecule has 3 N–H and O–H groups in total. The van der Waals surface area contributed by atoms with Gasteiger partial charge in [0.05, 0.1) is 21.5 Å². The van der Waals surface area contributed by atoms with Crippen molar-refractivity contribution in [1.29, 1.82) is 0 Å². The number of amides is 1. The van der Waals surface area contributed by atoms with Crippen molar-refractivity contribution in [3.05, 3.63) is 10.6 Å². The Bertz CT molecular complexity index is 809. The van der Waals surface area contributed by atoms with Crippen molar-refractivity contribution in [1.82, 2.24) is 15.6 Å². The van der Waals surface area contributed by atoms with Crippen LogP contribution < -0.4 is 15.5 Å². The van der Waals surface area contributed by atoms with Gasteiger partial charge in [0.15, 0.2) is 5.13 Å². The van der Waals surface area contributed by atoms with Crippen LogP contribution in [0.4, 0.5) is 5.13 Å². The zero-order valence-corrected chi connectivity index (χ0v) is 18.3. The number of hydrogen-bond donors (Lipinski definition) is 3. The molecule has 0 bridgehead atoms. The number of carbonyl (C=O) groups is 2. The van der Waals surface area contributed by atoms with Gasteiger partial charge in [-0.05, 0) is 19.8 Å². The van der Waals surface area contributed by atoms with E-state index in [9.17, 15) is 14.7 Å². The number of rotatable bonds is 6. The number of aromatic carboxylic acids is 1. The molecule has 2 aliphatic rings. The van der Waals surface area contributed by atoms with Crippen LogP contribution in [0.15, 0.2) is 3.21 Å². The molecule has 3 heterocycles. The third kappa shape index (κ3) is 4.46. The van der Waals surface area contributed by atoms with Gasteiger partial charge in [0.1, 0.15) is 4.88 Å². The quantitative estimate of drug-likeness (QED) is 0.497. The molecule has 0 aromatic carbocycles. The maximum Gasteiger partial charge on any atom is 0.347 e. The average Bonchev–Trinajstić information content (AvgIpc) is 3.28. The Labute approximate surface area is 171 Å². The van der Waals surface area contributed by atoms with Gasteiger partial charge in [-0.25, -0.2) is 9.78 Å². The number of aromatic nitrogens is 1. The predicted molar refractivity (Wildman–Crippen MR) is 113 cm³/mol. The van der Waals surface area contributed by atoms with E-state index in [0.717, 1.165) is 10.1 Å². The molecule has 1 saturated heterocycles. The van der Waals surface area contributed by atoms with Gasteiger partial charge >= 0.3 is 5.97 Å². The van der Waals surface area contributed by atoms with Gasteiger partial charge in [0.2, 0.25) is 5.84 Å². The Hall–Kier alpha value is -1.60. The van der Waals surface area contributed by atoms with E-state index in [0.29, 0.717) is 36.2 Å². The molecule has 2 atom stereocenters. The number of carboxylic acids is 1. The van der Waals surface area contributed by atoms with Crippen molar-refractivity contribution >= 4 is 58.8 Å². The van der Waals surface area contributed by atoms with Crippen LogP contribution in [-0.2, 0) is 9.53 Å². The average molecular weight is 507 g/mol. The predicted octanol–water partition coefficient (Wildman–Crippen LogP) is 1.29. The molecule has 0 saturated carbocycles. The zero-order valence-electron chi connectivity index (χ0n) is 15.3. The van der Waals surface area contributed by atoms with Crippen LogP contribution in [0.3, 0.4) is 0 Å². The minimum absolute atomic E-state index is 0.132. The summed E-state index contributed by atoms with van der Waals surface area (Å²) in [4.78, 5) is 30.4. The van der Waals surface area contributed by atoms with E-state index in [1.165, 1.54) is 11.3 Å². The first-order chi connectivity index (χ1) is 12.9. The Morgan fingerprint density at radius 1 is 1.52 bits per heavy atom. The third-order valence-electron chi connectivity index (χ3n) is 4.44. The third-order valence-corrected chi connectivity index (χ3v) is 7.98. The Kier molecular flexibility index (Phi) is 6.42. The largest absolute Gasteiger partial charge is 0.477 e. The lowest BCUT2D eigenvalue weighted by molar-refractivity contribution is -0.116. The number of thiazole rings is 1. The van der Waals surface area contributed by atoms with E-state index in [1.807, 2.05) is 11.8 Å². The van der Waals surface area contributed by atoms with E-state index in [4.69, 9.17) is 4.74 Å². The van der Waals surface area contributed by atoms with Crippen LogP contribution in [0.5, 0.6) is 0 Å². The van der Waals surface area contributed by atoms with Crippen LogP contribution in [-0.4, -0.2) is 63.8 Å². The number of anilines is 1. The monoisotopic (exact) mass is 507 g/mol. The fraction of sp³-hybridized carbons (Fsp3) is 0.562. The Morgan fingerprint density at radius 2 is 2.30 bits per heavy atom. The van der Waals surface area contributed by atoms with Gasteiger partial charge in [-0.3, -0.25) is 4.79 Å². The van der Waals surface area contributed by atoms with Gasteiger partial charge in [-0.2, -0.15) is 3.21 Å². The molecule has 27 heavy (non-hydrogen) atoms. The second-order valence-corrected chi connectivity index (χ2v) is 9.45. The number of methoxy groups -OCH3 is 1. The van der Waals surface area contributed by atoms with Gasteiger partial charge in [0, 0.05) is 41.2 Å². The highest BCUT2D eigenvalue weighted by Gasteiger charge is 2.33.